The van der Waals surface area contributed by atoms with Crippen molar-refractivity contribution in [3.63, 3.8) is 0 Å². The van der Waals surface area contributed by atoms with E-state index in [2.05, 4.69) is 52.2 Å². The van der Waals surface area contributed by atoms with Gasteiger partial charge in [0, 0.05) is 31.6 Å². The smallest absolute Gasteiger partial charge is 0.141 e. The molecule has 0 bridgehead atoms. The van der Waals surface area contributed by atoms with E-state index in [-0.39, 0.29) is 30.6 Å². The van der Waals surface area contributed by atoms with Crippen LogP contribution in [0.3, 0.4) is 0 Å². The first-order valence-corrected chi connectivity index (χ1v) is 7.84. The summed E-state index contributed by atoms with van der Waals surface area (Å²) in [5.41, 5.74) is 1.39. The lowest BCUT2D eigenvalue weighted by Gasteiger charge is -2.27. The van der Waals surface area contributed by atoms with Crippen LogP contribution >= 0.6 is 24.8 Å². The van der Waals surface area contributed by atoms with E-state index < -0.39 is 0 Å². The third-order valence-corrected chi connectivity index (χ3v) is 5.07. The van der Waals surface area contributed by atoms with Crippen LogP contribution in [0.15, 0.2) is 48.7 Å². The molecule has 0 unspecified atom stereocenters. The van der Waals surface area contributed by atoms with Gasteiger partial charge in [-0.2, -0.15) is 0 Å². The van der Waals surface area contributed by atoms with Crippen molar-refractivity contribution in [1.29, 1.82) is 0 Å². The molecule has 2 aliphatic heterocycles. The van der Waals surface area contributed by atoms with Gasteiger partial charge >= 0.3 is 0 Å². The van der Waals surface area contributed by atoms with Gasteiger partial charge in [0.25, 0.3) is 0 Å². The summed E-state index contributed by atoms with van der Waals surface area (Å²) in [5.74, 6) is 1.89. The van der Waals surface area contributed by atoms with Crippen LogP contribution in [-0.4, -0.2) is 36.6 Å². The summed E-state index contributed by atoms with van der Waals surface area (Å²) in [6, 6.07) is 14.5. The lowest BCUT2D eigenvalue weighted by Crippen LogP contribution is -2.29. The molecule has 4 rings (SSSR count). The summed E-state index contributed by atoms with van der Waals surface area (Å²) in [5, 5.41) is 0. The van der Waals surface area contributed by atoms with Crippen molar-refractivity contribution >= 4 is 30.6 Å². The fourth-order valence-electron chi connectivity index (χ4n) is 4.15. The van der Waals surface area contributed by atoms with Crippen molar-refractivity contribution in [2.24, 2.45) is 11.8 Å². The highest BCUT2D eigenvalue weighted by Crippen LogP contribution is 2.44. The van der Waals surface area contributed by atoms with Crippen LogP contribution < -0.4 is 4.90 Å². The minimum absolute atomic E-state index is 0. The van der Waals surface area contributed by atoms with Crippen LogP contribution in [0.4, 0.5) is 10.2 Å². The number of benzene rings is 1. The van der Waals surface area contributed by atoms with Gasteiger partial charge in [0.2, 0.25) is 0 Å². The largest absolute Gasteiger partial charge is 0.356 e. The van der Waals surface area contributed by atoms with Crippen LogP contribution in [0.2, 0.25) is 0 Å². The number of fused-ring (bicyclic) bond motifs is 1. The van der Waals surface area contributed by atoms with Crippen LogP contribution in [0.1, 0.15) is 11.6 Å². The Morgan fingerprint density at radius 2 is 1.75 bits per heavy atom. The fraction of sp³-hybridized carbons (Fsp3) is 0.389. The van der Waals surface area contributed by atoms with Crippen molar-refractivity contribution in [3.8, 4) is 0 Å². The zero-order valence-electron chi connectivity index (χ0n) is 13.5. The van der Waals surface area contributed by atoms with Gasteiger partial charge in [-0.3, -0.25) is 4.90 Å². The third kappa shape index (κ3) is 3.37. The number of rotatable bonds is 2. The second-order valence-electron chi connectivity index (χ2n) is 6.46. The monoisotopic (exact) mass is 369 g/mol. The molecule has 1 aromatic heterocycles. The molecule has 3 nitrogen and oxygen atoms in total. The normalized spacial score (nSPS) is 25.8. The zero-order chi connectivity index (χ0) is 15.1. The van der Waals surface area contributed by atoms with Crippen molar-refractivity contribution < 1.29 is 4.39 Å². The van der Waals surface area contributed by atoms with E-state index in [9.17, 15) is 4.39 Å². The number of hydrogen-bond acceptors (Lipinski definition) is 3. The summed E-state index contributed by atoms with van der Waals surface area (Å²) in [6.45, 7) is 3.12. The summed E-state index contributed by atoms with van der Waals surface area (Å²) >= 11 is 0. The van der Waals surface area contributed by atoms with Gasteiger partial charge in [0.15, 0.2) is 0 Å². The lowest BCUT2D eigenvalue weighted by molar-refractivity contribution is 0.280. The molecule has 1 aromatic carbocycles. The SMILES string of the molecule is CN1C[C@H]2CN(c3ccc(F)cn3)C[C@H]2[C@@H]1c1ccccc1.Cl.Cl. The summed E-state index contributed by atoms with van der Waals surface area (Å²) in [4.78, 5) is 9.02. The van der Waals surface area contributed by atoms with E-state index in [1.54, 1.807) is 6.07 Å². The Hall–Kier alpha value is -1.36. The van der Waals surface area contributed by atoms with Gasteiger partial charge in [-0.1, -0.05) is 30.3 Å². The van der Waals surface area contributed by atoms with Crippen molar-refractivity contribution in [1.82, 2.24) is 9.88 Å². The Kier molecular flexibility index (Phi) is 6.07. The molecule has 3 atom stereocenters. The predicted octanol–water partition coefficient (Wildman–Crippen LogP) is 3.80. The molecule has 0 saturated carbocycles. The van der Waals surface area contributed by atoms with Crippen LogP contribution in [-0.2, 0) is 0 Å². The van der Waals surface area contributed by atoms with Crippen molar-refractivity contribution in [3.05, 3.63) is 60.0 Å². The van der Waals surface area contributed by atoms with E-state index in [1.807, 2.05) is 0 Å². The van der Waals surface area contributed by atoms with Gasteiger partial charge in [0.1, 0.15) is 11.6 Å². The number of halogens is 3. The molecule has 0 radical (unpaired) electrons. The third-order valence-electron chi connectivity index (χ3n) is 5.07. The van der Waals surface area contributed by atoms with E-state index in [0.29, 0.717) is 17.9 Å². The van der Waals surface area contributed by atoms with E-state index in [1.165, 1.54) is 17.8 Å². The summed E-state index contributed by atoms with van der Waals surface area (Å²) in [7, 11) is 2.22. The lowest BCUT2D eigenvalue weighted by atomic mass is 9.90. The highest BCUT2D eigenvalue weighted by molar-refractivity contribution is 5.85. The topological polar surface area (TPSA) is 19.4 Å². The maximum absolute atomic E-state index is 13.1. The average molecular weight is 370 g/mol. The Bertz CT molecular complexity index is 653. The van der Waals surface area contributed by atoms with E-state index >= 15 is 0 Å². The number of likely N-dealkylation sites (tertiary alicyclic amines) is 1. The Labute approximate surface area is 154 Å². The second-order valence-corrected chi connectivity index (χ2v) is 6.46. The first-order valence-electron chi connectivity index (χ1n) is 7.84. The van der Waals surface area contributed by atoms with Crippen molar-refractivity contribution in [2.45, 2.75) is 6.04 Å². The highest BCUT2D eigenvalue weighted by atomic mass is 35.5. The molecule has 0 aliphatic carbocycles. The van der Waals surface area contributed by atoms with Crippen LogP contribution in [0.5, 0.6) is 0 Å². The molecule has 24 heavy (non-hydrogen) atoms. The molecule has 0 spiro atoms. The van der Waals surface area contributed by atoms with E-state index in [0.717, 1.165) is 25.5 Å². The Balaban J connectivity index is 0.00000104. The molecule has 2 aromatic rings. The average Bonchev–Trinajstić information content (AvgIpc) is 3.05. The fourth-order valence-corrected chi connectivity index (χ4v) is 4.15. The predicted molar refractivity (Wildman–Crippen MR) is 99.7 cm³/mol. The molecule has 0 N–H and O–H groups in total. The minimum atomic E-state index is -0.273. The number of nitrogens with zero attached hydrogens (tertiary/aromatic N) is 3. The first-order chi connectivity index (χ1) is 10.7. The second kappa shape index (κ2) is 7.68. The van der Waals surface area contributed by atoms with E-state index in [4.69, 9.17) is 0 Å². The van der Waals surface area contributed by atoms with Crippen LogP contribution in [0, 0.1) is 17.7 Å². The minimum Gasteiger partial charge on any atom is -0.356 e. The molecule has 0 amide bonds. The maximum atomic E-state index is 13.1. The Morgan fingerprint density at radius 3 is 2.42 bits per heavy atom. The quantitative estimate of drug-likeness (QED) is 0.802. The molecule has 6 heteroatoms. The van der Waals surface area contributed by atoms with Gasteiger partial charge in [-0.05, 0) is 30.7 Å². The molecular weight excluding hydrogens is 348 g/mol. The maximum Gasteiger partial charge on any atom is 0.141 e. The summed E-state index contributed by atoms with van der Waals surface area (Å²) in [6.07, 6.45) is 1.31. The number of hydrogen-bond donors (Lipinski definition) is 0. The molecule has 2 aliphatic rings. The number of anilines is 1. The zero-order valence-corrected chi connectivity index (χ0v) is 15.1. The van der Waals surface area contributed by atoms with Gasteiger partial charge in [-0.25, -0.2) is 9.37 Å². The van der Waals surface area contributed by atoms with Gasteiger partial charge < -0.3 is 4.90 Å². The van der Waals surface area contributed by atoms with Crippen LogP contribution in [0.25, 0.3) is 0 Å². The highest BCUT2D eigenvalue weighted by Gasteiger charge is 2.46. The number of pyridine rings is 1. The molecular formula is C18H22Cl2FN3. The first kappa shape index (κ1) is 19.0. The standard InChI is InChI=1S/C18H20FN3.2ClH/c1-21-10-14-11-22(17-8-7-15(19)9-20-17)12-16(14)18(21)13-5-3-2-4-6-13;;/h2-9,14,16,18H,10-12H2,1H3;2*1H/t14-,16+,18-;;/m0../s1. The Morgan fingerprint density at radius 1 is 1.00 bits per heavy atom. The summed E-state index contributed by atoms with van der Waals surface area (Å²) < 4.78 is 13.1. The van der Waals surface area contributed by atoms with Crippen molar-refractivity contribution in [2.75, 3.05) is 31.6 Å². The van der Waals surface area contributed by atoms with Gasteiger partial charge in [0.05, 0.1) is 6.20 Å². The van der Waals surface area contributed by atoms with Gasteiger partial charge in [-0.15, -0.1) is 24.8 Å². The molecule has 2 fully saturated rings. The number of aromatic nitrogens is 1. The molecule has 2 saturated heterocycles. The molecule has 130 valence electrons. The molecule has 3 heterocycles.